The maximum atomic E-state index is 5.25. The van der Waals surface area contributed by atoms with Crippen molar-refractivity contribution in [3.05, 3.63) is 102 Å². The topological polar surface area (TPSA) is 18.8 Å². The van der Waals surface area contributed by atoms with Gasteiger partial charge in [0.05, 0.1) is 17.3 Å². The van der Waals surface area contributed by atoms with E-state index >= 15 is 0 Å². The molecule has 2 heterocycles. The molecule has 2 aliphatic rings. The summed E-state index contributed by atoms with van der Waals surface area (Å²) >= 11 is 0. The molecule has 0 aliphatic carbocycles. The Balaban J connectivity index is 1.73. The number of benzene rings is 3. The first-order valence-electron chi connectivity index (χ1n) is 10.7. The number of fused-ring (bicyclic) bond motifs is 3. The minimum absolute atomic E-state index is 0.192. The van der Waals surface area contributed by atoms with Crippen LogP contribution in [0.3, 0.4) is 0 Å². The Morgan fingerprint density at radius 3 is 2.03 bits per heavy atom. The van der Waals surface area contributed by atoms with Crippen molar-refractivity contribution in [1.82, 2.24) is 4.90 Å². The summed E-state index contributed by atoms with van der Waals surface area (Å²) in [5.74, 6) is 0.233. The molecule has 0 N–H and O–H groups in total. The molecular weight excluding hydrogens is 354 g/mol. The van der Waals surface area contributed by atoms with Gasteiger partial charge in [-0.05, 0) is 41.8 Å². The fraction of sp³-hybridized carbons (Fsp3) is 0.269. The standard InChI is InChI=1S/C26H27N3/c1-3-23-21-17-11-12-18-22(21)24-25(19-13-7-5-8-14-19)27-29(26(24)28(23)4-2)20-15-9-6-10-16-20/h5-18,23-24,26H,3-4H2,1-2H3. The van der Waals surface area contributed by atoms with Crippen LogP contribution >= 0.6 is 0 Å². The van der Waals surface area contributed by atoms with E-state index in [0.717, 1.165) is 18.7 Å². The van der Waals surface area contributed by atoms with Gasteiger partial charge in [0.25, 0.3) is 0 Å². The minimum Gasteiger partial charge on any atom is -0.274 e. The number of anilines is 1. The number of hydrogen-bond acceptors (Lipinski definition) is 3. The SMILES string of the molecule is CCC1c2ccccc2C2C(c3ccccc3)=NN(c3ccccc3)C2N1CC. The average Bonchev–Trinajstić information content (AvgIpc) is 3.20. The molecule has 0 saturated carbocycles. The van der Waals surface area contributed by atoms with Crippen molar-refractivity contribution >= 4 is 11.4 Å². The van der Waals surface area contributed by atoms with Gasteiger partial charge < -0.3 is 0 Å². The second-order valence-electron chi connectivity index (χ2n) is 7.81. The number of likely N-dealkylation sites (N-methyl/N-ethyl adjacent to an activating group) is 1. The average molecular weight is 382 g/mol. The van der Waals surface area contributed by atoms with Gasteiger partial charge in [-0.3, -0.25) is 4.90 Å². The normalized spacial score (nSPS) is 23.4. The van der Waals surface area contributed by atoms with Crippen molar-refractivity contribution in [3.63, 3.8) is 0 Å². The van der Waals surface area contributed by atoms with Gasteiger partial charge in [0.1, 0.15) is 6.17 Å². The molecular formula is C26H27N3. The van der Waals surface area contributed by atoms with Crippen LogP contribution in [0.4, 0.5) is 5.69 Å². The monoisotopic (exact) mass is 381 g/mol. The Hall–Kier alpha value is -2.91. The van der Waals surface area contributed by atoms with Gasteiger partial charge in [-0.1, -0.05) is 86.6 Å². The molecule has 0 fully saturated rings. The molecule has 3 nitrogen and oxygen atoms in total. The second-order valence-corrected chi connectivity index (χ2v) is 7.81. The third-order valence-electron chi connectivity index (χ3n) is 6.33. The van der Waals surface area contributed by atoms with E-state index in [1.54, 1.807) is 0 Å². The highest BCUT2D eigenvalue weighted by molar-refractivity contribution is 6.08. The van der Waals surface area contributed by atoms with Gasteiger partial charge in [0.15, 0.2) is 0 Å². The molecule has 0 amide bonds. The summed E-state index contributed by atoms with van der Waals surface area (Å²) < 4.78 is 0. The number of rotatable bonds is 4. The van der Waals surface area contributed by atoms with Gasteiger partial charge in [0.2, 0.25) is 0 Å². The van der Waals surface area contributed by atoms with Crippen LogP contribution in [-0.4, -0.2) is 23.3 Å². The molecule has 3 aromatic carbocycles. The molecule has 2 aliphatic heterocycles. The predicted octanol–water partition coefficient (Wildman–Crippen LogP) is 5.81. The number of nitrogens with zero attached hydrogens (tertiary/aromatic N) is 3. The van der Waals surface area contributed by atoms with Gasteiger partial charge in [-0.15, -0.1) is 0 Å². The van der Waals surface area contributed by atoms with E-state index in [-0.39, 0.29) is 12.1 Å². The first-order chi connectivity index (χ1) is 14.3. The van der Waals surface area contributed by atoms with E-state index in [2.05, 4.69) is 109 Å². The van der Waals surface area contributed by atoms with Crippen LogP contribution in [0.25, 0.3) is 0 Å². The molecule has 29 heavy (non-hydrogen) atoms. The van der Waals surface area contributed by atoms with Crippen molar-refractivity contribution < 1.29 is 0 Å². The van der Waals surface area contributed by atoms with Crippen LogP contribution in [0, 0.1) is 0 Å². The zero-order chi connectivity index (χ0) is 19.8. The van der Waals surface area contributed by atoms with E-state index in [1.807, 2.05) is 0 Å². The van der Waals surface area contributed by atoms with E-state index in [4.69, 9.17) is 5.10 Å². The van der Waals surface area contributed by atoms with E-state index in [1.165, 1.54) is 22.4 Å². The van der Waals surface area contributed by atoms with Crippen LogP contribution in [0.2, 0.25) is 0 Å². The predicted molar refractivity (Wildman–Crippen MR) is 120 cm³/mol. The Kier molecular flexibility index (Phi) is 4.69. The molecule has 3 atom stereocenters. The molecule has 3 heteroatoms. The van der Waals surface area contributed by atoms with Crippen LogP contribution in [0.5, 0.6) is 0 Å². The molecule has 3 unspecified atom stereocenters. The van der Waals surface area contributed by atoms with Gasteiger partial charge in [-0.2, -0.15) is 5.10 Å². The van der Waals surface area contributed by atoms with Crippen molar-refractivity contribution in [2.24, 2.45) is 5.10 Å². The van der Waals surface area contributed by atoms with E-state index in [0.29, 0.717) is 6.04 Å². The Morgan fingerprint density at radius 1 is 0.759 bits per heavy atom. The fourth-order valence-corrected chi connectivity index (χ4v) is 5.12. The fourth-order valence-electron chi connectivity index (χ4n) is 5.12. The number of para-hydroxylation sites is 1. The molecule has 0 spiro atoms. The Morgan fingerprint density at radius 2 is 1.38 bits per heavy atom. The van der Waals surface area contributed by atoms with Crippen molar-refractivity contribution in [1.29, 1.82) is 0 Å². The first kappa shape index (κ1) is 18.1. The number of hydrogen-bond donors (Lipinski definition) is 0. The molecule has 0 radical (unpaired) electrons. The summed E-state index contributed by atoms with van der Waals surface area (Å²) in [6.07, 6.45) is 1.29. The van der Waals surface area contributed by atoms with Gasteiger partial charge in [-0.25, -0.2) is 5.01 Å². The molecule has 0 aromatic heterocycles. The lowest BCUT2D eigenvalue weighted by Gasteiger charge is -2.46. The lowest BCUT2D eigenvalue weighted by molar-refractivity contribution is 0.117. The highest BCUT2D eigenvalue weighted by atomic mass is 15.6. The molecule has 3 aromatic rings. The van der Waals surface area contributed by atoms with Gasteiger partial charge in [0, 0.05) is 6.04 Å². The second kappa shape index (κ2) is 7.49. The third-order valence-corrected chi connectivity index (χ3v) is 6.33. The van der Waals surface area contributed by atoms with Crippen LogP contribution < -0.4 is 5.01 Å². The minimum atomic E-state index is 0.192. The summed E-state index contributed by atoms with van der Waals surface area (Å²) in [5.41, 5.74) is 6.41. The highest BCUT2D eigenvalue weighted by Gasteiger charge is 2.48. The van der Waals surface area contributed by atoms with Crippen LogP contribution in [-0.2, 0) is 0 Å². The van der Waals surface area contributed by atoms with Crippen LogP contribution in [0.1, 0.15) is 48.9 Å². The van der Waals surface area contributed by atoms with Crippen molar-refractivity contribution in [3.8, 4) is 0 Å². The lowest BCUT2D eigenvalue weighted by Crippen LogP contribution is -2.52. The van der Waals surface area contributed by atoms with Crippen LogP contribution in [0.15, 0.2) is 90.0 Å². The molecule has 146 valence electrons. The van der Waals surface area contributed by atoms with E-state index < -0.39 is 0 Å². The summed E-state index contributed by atoms with van der Waals surface area (Å²) in [7, 11) is 0. The molecule has 5 rings (SSSR count). The maximum absolute atomic E-state index is 5.25. The third kappa shape index (κ3) is 2.89. The summed E-state index contributed by atoms with van der Waals surface area (Å²) in [4.78, 5) is 2.64. The highest BCUT2D eigenvalue weighted by Crippen LogP contribution is 2.48. The van der Waals surface area contributed by atoms with Crippen molar-refractivity contribution in [2.75, 3.05) is 11.6 Å². The van der Waals surface area contributed by atoms with Crippen molar-refractivity contribution in [2.45, 2.75) is 38.4 Å². The van der Waals surface area contributed by atoms with E-state index in [9.17, 15) is 0 Å². The maximum Gasteiger partial charge on any atom is 0.118 e. The smallest absolute Gasteiger partial charge is 0.118 e. The van der Waals surface area contributed by atoms with Gasteiger partial charge >= 0.3 is 0 Å². The summed E-state index contributed by atoms with van der Waals surface area (Å²) in [6, 6.07) is 30.7. The largest absolute Gasteiger partial charge is 0.274 e. The summed E-state index contributed by atoms with van der Waals surface area (Å²) in [5, 5.41) is 7.51. The summed E-state index contributed by atoms with van der Waals surface area (Å²) in [6.45, 7) is 5.57. The zero-order valence-corrected chi connectivity index (χ0v) is 17.1. The molecule has 0 bridgehead atoms. The Labute approximate surface area is 173 Å². The Bertz CT molecular complexity index is 1010. The number of hydrazone groups is 1. The first-order valence-corrected chi connectivity index (χ1v) is 10.7. The lowest BCUT2D eigenvalue weighted by atomic mass is 9.78. The quantitative estimate of drug-likeness (QED) is 0.568. The zero-order valence-electron chi connectivity index (χ0n) is 17.1. The molecule has 0 saturated heterocycles.